The molecule has 0 aliphatic rings. The van der Waals surface area contributed by atoms with Crippen molar-refractivity contribution in [3.8, 4) is 0 Å². The normalized spacial score (nSPS) is 12.5. The fourth-order valence-electron chi connectivity index (χ4n) is 2.05. The molecule has 0 aliphatic carbocycles. The van der Waals surface area contributed by atoms with Crippen molar-refractivity contribution >= 4 is 18.0 Å². The standard InChI is InChI=1S/C15H23N3O3/c1-3-12(4-7-15(20)21)8-10-16-14(19)6-5-13-9-11-17-18(13)2/h5-6,9,11-12H,3-4,7-8,10H2,1-2H3,(H,16,19)(H,20,21). The van der Waals surface area contributed by atoms with Gasteiger partial charge in [0.1, 0.15) is 0 Å². The Kier molecular flexibility index (Phi) is 7.21. The second-order valence-corrected chi connectivity index (χ2v) is 5.00. The van der Waals surface area contributed by atoms with Crippen molar-refractivity contribution in [2.75, 3.05) is 6.54 Å². The SMILES string of the molecule is CCC(CCNC(=O)C=Cc1ccnn1C)CCC(=O)O. The van der Waals surface area contributed by atoms with Gasteiger partial charge in [-0.05, 0) is 30.9 Å². The Morgan fingerprint density at radius 3 is 2.81 bits per heavy atom. The second-order valence-electron chi connectivity index (χ2n) is 5.00. The molecule has 1 amide bonds. The Morgan fingerprint density at radius 2 is 2.24 bits per heavy atom. The zero-order chi connectivity index (χ0) is 15.7. The summed E-state index contributed by atoms with van der Waals surface area (Å²) in [5.74, 6) is -0.580. The van der Waals surface area contributed by atoms with Crippen molar-refractivity contribution in [3.63, 3.8) is 0 Å². The van der Waals surface area contributed by atoms with Crippen LogP contribution in [-0.2, 0) is 16.6 Å². The highest BCUT2D eigenvalue weighted by Crippen LogP contribution is 2.14. The number of hydrogen-bond donors (Lipinski definition) is 2. The topological polar surface area (TPSA) is 84.2 Å². The number of carboxylic acids is 1. The van der Waals surface area contributed by atoms with Crippen LogP contribution in [0.3, 0.4) is 0 Å². The third-order valence-electron chi connectivity index (χ3n) is 3.46. The zero-order valence-corrected chi connectivity index (χ0v) is 12.6. The predicted octanol–water partition coefficient (Wildman–Crippen LogP) is 1.83. The summed E-state index contributed by atoms with van der Waals surface area (Å²) in [4.78, 5) is 22.2. The van der Waals surface area contributed by atoms with Gasteiger partial charge >= 0.3 is 5.97 Å². The number of aromatic nitrogens is 2. The number of nitrogens with one attached hydrogen (secondary N) is 1. The third-order valence-corrected chi connectivity index (χ3v) is 3.46. The van der Waals surface area contributed by atoms with Crippen molar-refractivity contribution in [3.05, 3.63) is 24.0 Å². The molecule has 116 valence electrons. The molecule has 0 fully saturated rings. The highest BCUT2D eigenvalue weighted by Gasteiger charge is 2.09. The van der Waals surface area contributed by atoms with E-state index < -0.39 is 5.97 Å². The van der Waals surface area contributed by atoms with Crippen LogP contribution in [0.4, 0.5) is 0 Å². The fraction of sp³-hybridized carbons (Fsp3) is 0.533. The number of nitrogens with zero attached hydrogens (tertiary/aromatic N) is 2. The fourth-order valence-corrected chi connectivity index (χ4v) is 2.05. The molecule has 1 unspecified atom stereocenters. The lowest BCUT2D eigenvalue weighted by Crippen LogP contribution is -2.24. The lowest BCUT2D eigenvalue weighted by Gasteiger charge is -2.13. The van der Waals surface area contributed by atoms with Crippen LogP contribution in [0.15, 0.2) is 18.3 Å². The number of carboxylic acid groups (broad SMARTS) is 1. The monoisotopic (exact) mass is 293 g/mol. The minimum Gasteiger partial charge on any atom is -0.481 e. The van der Waals surface area contributed by atoms with E-state index in [1.54, 1.807) is 17.0 Å². The maximum atomic E-state index is 11.7. The van der Waals surface area contributed by atoms with Crippen LogP contribution in [0.2, 0.25) is 0 Å². The molecule has 6 nitrogen and oxygen atoms in total. The van der Waals surface area contributed by atoms with E-state index in [9.17, 15) is 9.59 Å². The van der Waals surface area contributed by atoms with Crippen LogP contribution in [-0.4, -0.2) is 33.3 Å². The zero-order valence-electron chi connectivity index (χ0n) is 12.6. The van der Waals surface area contributed by atoms with E-state index in [-0.39, 0.29) is 12.3 Å². The quantitative estimate of drug-likeness (QED) is 0.680. The molecule has 0 saturated carbocycles. The molecule has 6 heteroatoms. The summed E-state index contributed by atoms with van der Waals surface area (Å²) < 4.78 is 1.68. The molecular formula is C15H23N3O3. The van der Waals surface area contributed by atoms with Gasteiger partial charge in [0.05, 0.1) is 5.69 Å². The lowest BCUT2D eigenvalue weighted by atomic mass is 9.97. The molecule has 0 aromatic carbocycles. The van der Waals surface area contributed by atoms with Gasteiger partial charge in [0.15, 0.2) is 0 Å². The van der Waals surface area contributed by atoms with Gasteiger partial charge in [-0.2, -0.15) is 5.10 Å². The molecule has 0 saturated heterocycles. The molecule has 0 spiro atoms. The van der Waals surface area contributed by atoms with E-state index in [0.717, 1.165) is 18.5 Å². The van der Waals surface area contributed by atoms with E-state index >= 15 is 0 Å². The first-order valence-corrected chi connectivity index (χ1v) is 7.18. The number of aryl methyl sites for hydroxylation is 1. The number of hydrogen-bond acceptors (Lipinski definition) is 3. The van der Waals surface area contributed by atoms with Crippen molar-refractivity contribution < 1.29 is 14.7 Å². The van der Waals surface area contributed by atoms with Crippen LogP contribution in [0.1, 0.15) is 38.3 Å². The average Bonchev–Trinajstić information content (AvgIpc) is 2.85. The van der Waals surface area contributed by atoms with Crippen LogP contribution < -0.4 is 5.32 Å². The molecule has 1 rings (SSSR count). The molecular weight excluding hydrogens is 270 g/mol. The maximum Gasteiger partial charge on any atom is 0.303 e. The summed E-state index contributed by atoms with van der Waals surface area (Å²) >= 11 is 0. The molecule has 0 aliphatic heterocycles. The Hall–Kier alpha value is -2.11. The molecule has 1 heterocycles. The molecule has 1 aromatic rings. The Bertz CT molecular complexity index is 494. The van der Waals surface area contributed by atoms with Crippen LogP contribution >= 0.6 is 0 Å². The second kappa shape index (κ2) is 8.94. The van der Waals surface area contributed by atoms with Crippen LogP contribution in [0.25, 0.3) is 6.08 Å². The smallest absolute Gasteiger partial charge is 0.303 e. The van der Waals surface area contributed by atoms with Gasteiger partial charge in [-0.3, -0.25) is 14.3 Å². The van der Waals surface area contributed by atoms with Gasteiger partial charge in [0.2, 0.25) is 5.91 Å². The Morgan fingerprint density at radius 1 is 1.48 bits per heavy atom. The summed E-state index contributed by atoms with van der Waals surface area (Å²) in [5.41, 5.74) is 0.859. The molecule has 1 atom stereocenters. The van der Waals surface area contributed by atoms with E-state index in [1.165, 1.54) is 6.08 Å². The van der Waals surface area contributed by atoms with Gasteiger partial charge in [-0.25, -0.2) is 0 Å². The van der Waals surface area contributed by atoms with Crippen LogP contribution in [0, 0.1) is 5.92 Å². The van der Waals surface area contributed by atoms with E-state index in [0.29, 0.717) is 18.9 Å². The highest BCUT2D eigenvalue weighted by molar-refractivity contribution is 5.91. The van der Waals surface area contributed by atoms with E-state index in [2.05, 4.69) is 10.4 Å². The number of rotatable bonds is 9. The summed E-state index contributed by atoms with van der Waals surface area (Å²) in [6, 6.07) is 1.82. The Balaban J connectivity index is 2.27. The number of carbonyl (C=O) groups is 2. The summed E-state index contributed by atoms with van der Waals surface area (Å²) in [7, 11) is 1.81. The molecule has 1 aromatic heterocycles. The number of amides is 1. The summed E-state index contributed by atoms with van der Waals surface area (Å²) in [5, 5.41) is 15.5. The minimum absolute atomic E-state index is 0.149. The van der Waals surface area contributed by atoms with E-state index in [4.69, 9.17) is 5.11 Å². The van der Waals surface area contributed by atoms with Gasteiger partial charge < -0.3 is 10.4 Å². The highest BCUT2D eigenvalue weighted by atomic mass is 16.4. The van der Waals surface area contributed by atoms with Crippen molar-refractivity contribution in [1.29, 1.82) is 0 Å². The van der Waals surface area contributed by atoms with E-state index in [1.807, 2.05) is 20.0 Å². The van der Waals surface area contributed by atoms with Gasteiger partial charge in [-0.15, -0.1) is 0 Å². The van der Waals surface area contributed by atoms with Gasteiger partial charge in [0.25, 0.3) is 0 Å². The summed E-state index contributed by atoms with van der Waals surface area (Å²) in [6.45, 7) is 2.60. The molecule has 0 bridgehead atoms. The first-order valence-electron chi connectivity index (χ1n) is 7.18. The van der Waals surface area contributed by atoms with Crippen molar-refractivity contribution in [2.45, 2.75) is 32.6 Å². The van der Waals surface area contributed by atoms with Crippen LogP contribution in [0.5, 0.6) is 0 Å². The summed E-state index contributed by atoms with van der Waals surface area (Å²) in [6.07, 6.45) is 7.44. The molecule has 21 heavy (non-hydrogen) atoms. The predicted molar refractivity (Wildman–Crippen MR) is 80.5 cm³/mol. The lowest BCUT2D eigenvalue weighted by molar-refractivity contribution is -0.137. The largest absolute Gasteiger partial charge is 0.481 e. The Labute approximate surface area is 124 Å². The minimum atomic E-state index is -0.767. The maximum absolute atomic E-state index is 11.7. The molecule has 0 radical (unpaired) electrons. The number of aliphatic carboxylic acids is 1. The third kappa shape index (κ3) is 6.74. The van der Waals surface area contributed by atoms with Crippen molar-refractivity contribution in [1.82, 2.24) is 15.1 Å². The van der Waals surface area contributed by atoms with Gasteiger partial charge in [-0.1, -0.05) is 13.3 Å². The first kappa shape index (κ1) is 16.9. The average molecular weight is 293 g/mol. The number of carbonyl (C=O) groups excluding carboxylic acids is 1. The first-order chi connectivity index (χ1) is 10.0. The van der Waals surface area contributed by atoms with Crippen molar-refractivity contribution in [2.24, 2.45) is 13.0 Å². The van der Waals surface area contributed by atoms with Gasteiger partial charge in [0, 0.05) is 32.3 Å². The molecule has 2 N–H and O–H groups in total.